The van der Waals surface area contributed by atoms with Gasteiger partial charge in [-0.25, -0.2) is 9.31 Å². The molecule has 0 aromatic carbocycles. The second-order valence-electron chi connectivity index (χ2n) is 4.95. The van der Waals surface area contributed by atoms with E-state index in [-0.39, 0.29) is 0 Å². The summed E-state index contributed by atoms with van der Waals surface area (Å²) in [4.78, 5) is 6.38. The van der Waals surface area contributed by atoms with Crippen LogP contribution in [0.5, 0.6) is 0 Å². The van der Waals surface area contributed by atoms with E-state index < -0.39 is 0 Å². The molecule has 0 saturated carbocycles. The second kappa shape index (κ2) is 4.53. The Labute approximate surface area is 112 Å². The molecule has 0 fully saturated rings. The van der Waals surface area contributed by atoms with Crippen LogP contribution in [0.25, 0.3) is 16.8 Å². The second-order valence-corrected chi connectivity index (χ2v) is 4.95. The van der Waals surface area contributed by atoms with Gasteiger partial charge in [0, 0.05) is 25.0 Å². The summed E-state index contributed by atoms with van der Waals surface area (Å²) in [5, 5.41) is 4.34. The lowest BCUT2D eigenvalue weighted by atomic mass is 9.95. The molecular formula is C15H18N4. The number of hydrogen-bond donors (Lipinski definition) is 0. The van der Waals surface area contributed by atoms with Gasteiger partial charge in [0.05, 0.1) is 5.69 Å². The summed E-state index contributed by atoms with van der Waals surface area (Å²) in [5.41, 5.74) is 4.55. The van der Waals surface area contributed by atoms with Crippen LogP contribution in [0.15, 0.2) is 36.7 Å². The molecule has 19 heavy (non-hydrogen) atoms. The lowest BCUT2D eigenvalue weighted by Gasteiger charge is -2.16. The Bertz CT molecular complexity index is 708. The maximum absolute atomic E-state index is 4.56. The molecule has 98 valence electrons. The standard InChI is InChI=1S/C15H18N4/c1-4-11(2)15-13(6-5-8-16-15)12-7-9-19-14(10-12)17-18(19)3/h5-11H,4H2,1-3H3. The third-order valence-corrected chi connectivity index (χ3v) is 3.70. The highest BCUT2D eigenvalue weighted by Gasteiger charge is 2.13. The van der Waals surface area contributed by atoms with Gasteiger partial charge in [0.2, 0.25) is 0 Å². The molecule has 4 heteroatoms. The zero-order valence-electron chi connectivity index (χ0n) is 11.5. The molecule has 0 spiro atoms. The highest BCUT2D eigenvalue weighted by Crippen LogP contribution is 2.29. The average Bonchev–Trinajstić information content (AvgIpc) is 2.45. The predicted octanol–water partition coefficient (Wildman–Crippen LogP) is 3.25. The first-order valence-corrected chi connectivity index (χ1v) is 6.67. The Hall–Kier alpha value is -2.10. The summed E-state index contributed by atoms with van der Waals surface area (Å²) in [6.07, 6.45) is 5.01. The van der Waals surface area contributed by atoms with E-state index in [4.69, 9.17) is 0 Å². The van der Waals surface area contributed by atoms with Crippen molar-refractivity contribution >= 4 is 5.65 Å². The first-order chi connectivity index (χ1) is 9.20. The third-order valence-electron chi connectivity index (χ3n) is 3.70. The Morgan fingerprint density at radius 1 is 1.32 bits per heavy atom. The zero-order valence-corrected chi connectivity index (χ0v) is 11.5. The molecule has 0 bridgehead atoms. The molecule has 0 amide bonds. The molecule has 1 unspecified atom stereocenters. The van der Waals surface area contributed by atoms with E-state index in [1.165, 1.54) is 16.8 Å². The SMILES string of the molecule is CCC(C)c1ncccc1-c1ccn2c(c1)nn2C. The fourth-order valence-electron chi connectivity index (χ4n) is 2.37. The van der Waals surface area contributed by atoms with Crippen molar-refractivity contribution in [2.45, 2.75) is 26.2 Å². The molecule has 0 N–H and O–H groups in total. The highest BCUT2D eigenvalue weighted by molar-refractivity contribution is 5.69. The summed E-state index contributed by atoms with van der Waals surface area (Å²) in [5.74, 6) is 0.467. The number of fused-ring (bicyclic) bond motifs is 1. The normalized spacial score (nSPS) is 13.0. The summed E-state index contributed by atoms with van der Waals surface area (Å²) < 4.78 is 2.02. The number of aromatic nitrogens is 4. The summed E-state index contributed by atoms with van der Waals surface area (Å²) in [7, 11) is 1.93. The molecular weight excluding hydrogens is 236 g/mol. The molecule has 0 radical (unpaired) electrons. The summed E-state index contributed by atoms with van der Waals surface area (Å²) >= 11 is 0. The quantitative estimate of drug-likeness (QED) is 0.719. The number of pyridine rings is 2. The minimum Gasteiger partial charge on any atom is -0.260 e. The van der Waals surface area contributed by atoms with Gasteiger partial charge in [-0.15, -0.1) is 5.10 Å². The van der Waals surface area contributed by atoms with Gasteiger partial charge in [0.25, 0.3) is 0 Å². The number of aryl methyl sites for hydroxylation is 1. The maximum atomic E-state index is 4.56. The van der Waals surface area contributed by atoms with Gasteiger partial charge in [0.15, 0.2) is 5.65 Å². The van der Waals surface area contributed by atoms with Gasteiger partial charge >= 0.3 is 0 Å². The van der Waals surface area contributed by atoms with Crippen molar-refractivity contribution in [3.8, 4) is 11.1 Å². The lowest BCUT2D eigenvalue weighted by molar-refractivity contribution is 0.525. The minimum absolute atomic E-state index is 0.467. The molecule has 3 aromatic heterocycles. The first-order valence-electron chi connectivity index (χ1n) is 6.67. The van der Waals surface area contributed by atoms with E-state index >= 15 is 0 Å². The number of nitrogens with zero attached hydrogens (tertiary/aromatic N) is 4. The van der Waals surface area contributed by atoms with E-state index in [0.717, 1.165) is 12.1 Å². The van der Waals surface area contributed by atoms with E-state index in [9.17, 15) is 0 Å². The zero-order chi connectivity index (χ0) is 13.4. The smallest absolute Gasteiger partial charge is 0.175 e. The number of hydrogen-bond acceptors (Lipinski definition) is 2. The van der Waals surface area contributed by atoms with Gasteiger partial charge < -0.3 is 0 Å². The van der Waals surface area contributed by atoms with Crippen LogP contribution in [0.2, 0.25) is 0 Å². The summed E-state index contributed by atoms with van der Waals surface area (Å²) in [6, 6.07) is 8.38. The van der Waals surface area contributed by atoms with E-state index in [0.29, 0.717) is 5.92 Å². The minimum atomic E-state index is 0.467. The van der Waals surface area contributed by atoms with Gasteiger partial charge in [0.1, 0.15) is 0 Å². The van der Waals surface area contributed by atoms with Crippen molar-refractivity contribution in [3.63, 3.8) is 0 Å². The topological polar surface area (TPSA) is 35.1 Å². The summed E-state index contributed by atoms with van der Waals surface area (Å²) in [6.45, 7) is 4.42. The van der Waals surface area contributed by atoms with E-state index in [1.807, 2.05) is 34.8 Å². The predicted molar refractivity (Wildman–Crippen MR) is 76.1 cm³/mol. The first kappa shape index (κ1) is 12.0. The highest BCUT2D eigenvalue weighted by atomic mass is 15.6. The molecule has 4 nitrogen and oxygen atoms in total. The Balaban J connectivity index is 2.11. The van der Waals surface area contributed by atoms with Crippen LogP contribution < -0.4 is 0 Å². The van der Waals surface area contributed by atoms with Crippen molar-refractivity contribution in [3.05, 3.63) is 42.4 Å². The van der Waals surface area contributed by atoms with Crippen molar-refractivity contribution < 1.29 is 0 Å². The molecule has 3 heterocycles. The van der Waals surface area contributed by atoms with Crippen LogP contribution in [0.3, 0.4) is 0 Å². The monoisotopic (exact) mass is 254 g/mol. The molecule has 0 saturated heterocycles. The molecule has 0 aliphatic rings. The van der Waals surface area contributed by atoms with Crippen molar-refractivity contribution in [1.82, 2.24) is 19.4 Å². The van der Waals surface area contributed by atoms with Gasteiger partial charge in [-0.3, -0.25) is 4.98 Å². The lowest BCUT2D eigenvalue weighted by Crippen LogP contribution is -2.16. The van der Waals surface area contributed by atoms with Crippen LogP contribution in [-0.2, 0) is 7.05 Å². The molecule has 3 aromatic rings. The molecule has 0 aliphatic carbocycles. The largest absolute Gasteiger partial charge is 0.260 e. The van der Waals surface area contributed by atoms with Gasteiger partial charge in [-0.1, -0.05) is 19.9 Å². The van der Waals surface area contributed by atoms with Crippen LogP contribution in [-0.4, -0.2) is 19.4 Å². The molecule has 0 aliphatic heterocycles. The van der Waals surface area contributed by atoms with Crippen LogP contribution in [0.4, 0.5) is 0 Å². The van der Waals surface area contributed by atoms with Gasteiger partial charge in [-0.2, -0.15) is 0 Å². The van der Waals surface area contributed by atoms with Crippen LogP contribution in [0.1, 0.15) is 31.9 Å². The van der Waals surface area contributed by atoms with E-state index in [2.05, 4.69) is 42.1 Å². The van der Waals surface area contributed by atoms with Crippen LogP contribution in [0, 0.1) is 0 Å². The van der Waals surface area contributed by atoms with Crippen molar-refractivity contribution in [2.24, 2.45) is 7.05 Å². The number of rotatable bonds is 3. The molecule has 3 rings (SSSR count). The Morgan fingerprint density at radius 3 is 2.84 bits per heavy atom. The van der Waals surface area contributed by atoms with Crippen molar-refractivity contribution in [2.75, 3.05) is 0 Å². The third kappa shape index (κ3) is 1.93. The Kier molecular flexibility index (Phi) is 2.85. The van der Waals surface area contributed by atoms with E-state index in [1.54, 1.807) is 0 Å². The maximum Gasteiger partial charge on any atom is 0.175 e. The van der Waals surface area contributed by atoms with Gasteiger partial charge in [-0.05, 0) is 36.1 Å². The molecule has 1 atom stereocenters. The fourth-order valence-corrected chi connectivity index (χ4v) is 2.37. The van der Waals surface area contributed by atoms with Crippen molar-refractivity contribution in [1.29, 1.82) is 0 Å². The Morgan fingerprint density at radius 2 is 2.16 bits per heavy atom. The van der Waals surface area contributed by atoms with Crippen LogP contribution >= 0.6 is 0 Å². The fraction of sp³-hybridized carbons (Fsp3) is 0.333. The average molecular weight is 254 g/mol.